The Morgan fingerprint density at radius 1 is 1.19 bits per heavy atom. The lowest BCUT2D eigenvalue weighted by atomic mass is 9.89. The number of rotatable bonds is 6. The Morgan fingerprint density at radius 3 is 2.29 bits per heavy atom. The molecular weight excluding hydrogens is 276 g/mol. The number of carbonyl (C=O) groups excluding carboxylic acids is 1. The van der Waals surface area contributed by atoms with Crippen molar-refractivity contribution in [2.45, 2.75) is 25.9 Å². The predicted octanol–water partition coefficient (Wildman–Crippen LogP) is 2.30. The Labute approximate surface area is 121 Å². The van der Waals surface area contributed by atoms with Gasteiger partial charge in [0.1, 0.15) is 6.10 Å². The fourth-order valence-electron chi connectivity index (χ4n) is 1.95. The Hall–Kier alpha value is -2.63. The largest absolute Gasteiger partial charge is 0.478 e. The van der Waals surface area contributed by atoms with E-state index in [0.29, 0.717) is 5.56 Å². The van der Waals surface area contributed by atoms with Crippen LogP contribution in [0, 0.1) is 0 Å². The first kappa shape index (κ1) is 16.4. The quantitative estimate of drug-likeness (QED) is 0.616. The minimum atomic E-state index is -1.34. The van der Waals surface area contributed by atoms with Crippen LogP contribution in [0.5, 0.6) is 0 Å². The summed E-state index contributed by atoms with van der Waals surface area (Å²) in [6.07, 6.45) is 0.382. The third-order valence-corrected chi connectivity index (χ3v) is 3.20. The van der Waals surface area contributed by atoms with Crippen molar-refractivity contribution in [2.24, 2.45) is 0 Å². The molecule has 2 atom stereocenters. The van der Waals surface area contributed by atoms with Gasteiger partial charge in [-0.25, -0.2) is 14.4 Å². The van der Waals surface area contributed by atoms with Crippen molar-refractivity contribution < 1.29 is 29.3 Å². The first-order chi connectivity index (χ1) is 9.79. The van der Waals surface area contributed by atoms with E-state index in [4.69, 9.17) is 9.84 Å². The molecule has 0 radical (unpaired) electrons. The lowest BCUT2D eigenvalue weighted by molar-refractivity contribution is -0.143. The highest BCUT2D eigenvalue weighted by Gasteiger charge is 2.26. The van der Waals surface area contributed by atoms with Gasteiger partial charge in [-0.3, -0.25) is 0 Å². The normalized spacial score (nSPS) is 13.0. The van der Waals surface area contributed by atoms with Crippen molar-refractivity contribution in [3.63, 3.8) is 0 Å². The fraction of sp³-hybridized carbons (Fsp3) is 0.267. The summed E-state index contributed by atoms with van der Waals surface area (Å²) in [7, 11) is 0. The Balaban J connectivity index is 3.26. The van der Waals surface area contributed by atoms with Crippen LogP contribution in [0.1, 0.15) is 46.0 Å². The van der Waals surface area contributed by atoms with Crippen LogP contribution in [-0.4, -0.2) is 34.2 Å². The molecule has 0 heterocycles. The number of aromatic carboxylic acids is 2. The zero-order chi connectivity index (χ0) is 16.2. The molecule has 2 unspecified atom stereocenters. The van der Waals surface area contributed by atoms with Gasteiger partial charge in [-0.2, -0.15) is 0 Å². The zero-order valence-electron chi connectivity index (χ0n) is 11.7. The zero-order valence-corrected chi connectivity index (χ0v) is 11.7. The molecule has 1 rings (SSSR count). The predicted molar refractivity (Wildman–Crippen MR) is 74.5 cm³/mol. The molecule has 0 bridgehead atoms. The van der Waals surface area contributed by atoms with Gasteiger partial charge < -0.3 is 14.9 Å². The van der Waals surface area contributed by atoms with Gasteiger partial charge in [-0.1, -0.05) is 25.6 Å². The molecule has 0 amide bonds. The molecule has 2 N–H and O–H groups in total. The molecule has 6 heteroatoms. The number of esters is 1. The number of hydrogen-bond donors (Lipinski definition) is 2. The van der Waals surface area contributed by atoms with Gasteiger partial charge >= 0.3 is 17.9 Å². The van der Waals surface area contributed by atoms with Crippen molar-refractivity contribution in [3.05, 3.63) is 47.5 Å². The summed E-state index contributed by atoms with van der Waals surface area (Å²) < 4.78 is 5.05. The van der Waals surface area contributed by atoms with E-state index in [1.807, 2.05) is 0 Å². The van der Waals surface area contributed by atoms with E-state index in [1.54, 1.807) is 13.8 Å². The monoisotopic (exact) mass is 292 g/mol. The molecule has 0 aliphatic carbocycles. The van der Waals surface area contributed by atoms with Crippen LogP contribution in [0.2, 0.25) is 0 Å². The maximum Gasteiger partial charge on any atom is 0.336 e. The summed E-state index contributed by atoms with van der Waals surface area (Å²) in [5.74, 6) is -3.77. The van der Waals surface area contributed by atoms with Crippen molar-refractivity contribution >= 4 is 17.9 Å². The molecule has 0 saturated carbocycles. The SMILES string of the molecule is C=CC(=O)OC(C)C(C)c1cccc(C(=O)O)c1C(=O)O. The number of carboxylic acids is 2. The summed E-state index contributed by atoms with van der Waals surface area (Å²) in [5.41, 5.74) is -0.292. The van der Waals surface area contributed by atoms with E-state index < -0.39 is 29.9 Å². The van der Waals surface area contributed by atoms with Gasteiger partial charge in [0.05, 0.1) is 11.1 Å². The summed E-state index contributed by atoms with van der Waals surface area (Å²) >= 11 is 0. The average molecular weight is 292 g/mol. The van der Waals surface area contributed by atoms with Gasteiger partial charge in [0.25, 0.3) is 0 Å². The van der Waals surface area contributed by atoms with Gasteiger partial charge in [-0.15, -0.1) is 0 Å². The highest BCUT2D eigenvalue weighted by atomic mass is 16.5. The first-order valence-corrected chi connectivity index (χ1v) is 6.22. The summed E-state index contributed by atoms with van der Waals surface area (Å²) in [5, 5.41) is 18.3. The van der Waals surface area contributed by atoms with Gasteiger partial charge in [0, 0.05) is 12.0 Å². The summed E-state index contributed by atoms with van der Waals surface area (Å²) in [4.78, 5) is 33.7. The second kappa shape index (κ2) is 6.69. The smallest absolute Gasteiger partial charge is 0.336 e. The summed E-state index contributed by atoms with van der Waals surface area (Å²) in [6.45, 7) is 6.55. The van der Waals surface area contributed by atoms with Crippen molar-refractivity contribution in [2.75, 3.05) is 0 Å². The van der Waals surface area contributed by atoms with Crippen molar-refractivity contribution in [3.8, 4) is 0 Å². The minimum absolute atomic E-state index is 0.293. The molecule has 0 aliphatic rings. The third-order valence-electron chi connectivity index (χ3n) is 3.20. The van der Waals surface area contributed by atoms with Crippen LogP contribution >= 0.6 is 0 Å². The minimum Gasteiger partial charge on any atom is -0.478 e. The molecule has 1 aromatic carbocycles. The summed E-state index contributed by atoms with van der Waals surface area (Å²) in [6, 6.07) is 4.20. The molecule has 112 valence electrons. The second-order valence-electron chi connectivity index (χ2n) is 4.51. The van der Waals surface area contributed by atoms with E-state index in [1.165, 1.54) is 18.2 Å². The lowest BCUT2D eigenvalue weighted by Crippen LogP contribution is -2.22. The van der Waals surface area contributed by atoms with Crippen LogP contribution in [0.15, 0.2) is 30.9 Å². The first-order valence-electron chi connectivity index (χ1n) is 6.22. The van der Waals surface area contributed by atoms with E-state index in [9.17, 15) is 19.5 Å². The van der Waals surface area contributed by atoms with Crippen LogP contribution in [0.3, 0.4) is 0 Å². The molecule has 21 heavy (non-hydrogen) atoms. The van der Waals surface area contributed by atoms with E-state index in [2.05, 4.69) is 6.58 Å². The molecular formula is C15H16O6. The Bertz CT molecular complexity index is 590. The lowest BCUT2D eigenvalue weighted by Gasteiger charge is -2.22. The number of carbonyl (C=O) groups is 3. The van der Waals surface area contributed by atoms with Crippen LogP contribution in [-0.2, 0) is 9.53 Å². The molecule has 0 fully saturated rings. The highest BCUT2D eigenvalue weighted by Crippen LogP contribution is 2.27. The Kier molecular flexibility index (Phi) is 5.24. The van der Waals surface area contributed by atoms with Crippen LogP contribution in [0.25, 0.3) is 0 Å². The van der Waals surface area contributed by atoms with Gasteiger partial charge in [0.2, 0.25) is 0 Å². The molecule has 1 aromatic rings. The maximum absolute atomic E-state index is 11.4. The number of carboxylic acid groups (broad SMARTS) is 2. The van der Waals surface area contributed by atoms with Crippen LogP contribution in [0.4, 0.5) is 0 Å². The van der Waals surface area contributed by atoms with E-state index >= 15 is 0 Å². The molecule has 0 saturated heterocycles. The number of ether oxygens (including phenoxy) is 1. The topological polar surface area (TPSA) is 101 Å². The maximum atomic E-state index is 11.4. The average Bonchev–Trinajstić information content (AvgIpc) is 2.44. The van der Waals surface area contributed by atoms with Crippen molar-refractivity contribution in [1.29, 1.82) is 0 Å². The van der Waals surface area contributed by atoms with Gasteiger partial charge in [0.15, 0.2) is 0 Å². The molecule has 0 spiro atoms. The molecule has 0 aliphatic heterocycles. The van der Waals surface area contributed by atoms with Crippen molar-refractivity contribution in [1.82, 2.24) is 0 Å². The van der Waals surface area contributed by atoms with E-state index in [0.717, 1.165) is 6.08 Å². The number of benzene rings is 1. The highest BCUT2D eigenvalue weighted by molar-refractivity contribution is 6.02. The molecule has 6 nitrogen and oxygen atoms in total. The second-order valence-corrected chi connectivity index (χ2v) is 4.51. The van der Waals surface area contributed by atoms with Crippen LogP contribution < -0.4 is 0 Å². The van der Waals surface area contributed by atoms with Gasteiger partial charge in [-0.05, 0) is 18.6 Å². The third kappa shape index (κ3) is 3.68. The number of hydrogen-bond acceptors (Lipinski definition) is 4. The van der Waals surface area contributed by atoms with E-state index in [-0.39, 0.29) is 11.1 Å². The fourth-order valence-corrected chi connectivity index (χ4v) is 1.95. The Morgan fingerprint density at radius 2 is 1.81 bits per heavy atom. The standard InChI is InChI=1S/C15H16O6/c1-4-12(16)21-9(3)8(2)10-6-5-7-11(14(17)18)13(10)15(19)20/h4-9H,1H2,2-3H3,(H,17,18)(H,19,20). The molecule has 0 aromatic heterocycles.